The van der Waals surface area contributed by atoms with Crippen LogP contribution in [-0.2, 0) is 15.1 Å². The number of ketones is 1. The normalized spacial score (nSPS) is 26.6. The molecule has 0 aliphatic heterocycles. The number of benzene rings is 1. The molecule has 1 saturated carbocycles. The van der Waals surface area contributed by atoms with Gasteiger partial charge >= 0.3 is 0 Å². The minimum atomic E-state index is -0.364. The van der Waals surface area contributed by atoms with Crippen molar-refractivity contribution < 1.29 is 9.53 Å². The van der Waals surface area contributed by atoms with E-state index in [9.17, 15) is 4.79 Å². The summed E-state index contributed by atoms with van der Waals surface area (Å²) in [6, 6.07) is 10.1. The Morgan fingerprint density at radius 3 is 2.60 bits per heavy atom. The third kappa shape index (κ3) is 1.95. The number of carbonyl (C=O) groups excluding carboxylic acids is 1. The Hall–Kier alpha value is -1.15. The number of Topliss-reactive ketones (excluding diaryl/α,β-unsaturated/α-hetero) is 1. The number of hydrogen-bond acceptors (Lipinski definition) is 2. The zero-order chi connectivity index (χ0) is 10.7. The fraction of sp³-hybridized carbons (Fsp3) is 0.462. The second-order valence-electron chi connectivity index (χ2n) is 4.13. The summed E-state index contributed by atoms with van der Waals surface area (Å²) in [5.74, 6) is 0.312. The molecule has 0 saturated heterocycles. The van der Waals surface area contributed by atoms with Gasteiger partial charge in [0.05, 0.1) is 5.60 Å². The quantitative estimate of drug-likeness (QED) is 0.740. The molecular weight excluding hydrogens is 188 g/mol. The van der Waals surface area contributed by atoms with Crippen LogP contribution in [-0.4, -0.2) is 12.9 Å². The minimum absolute atomic E-state index is 0.312. The van der Waals surface area contributed by atoms with Gasteiger partial charge in [-0.1, -0.05) is 30.3 Å². The van der Waals surface area contributed by atoms with Gasteiger partial charge < -0.3 is 4.74 Å². The molecule has 2 nitrogen and oxygen atoms in total. The molecule has 1 atom stereocenters. The van der Waals surface area contributed by atoms with Gasteiger partial charge in [0.2, 0.25) is 0 Å². The van der Waals surface area contributed by atoms with Gasteiger partial charge in [-0.15, -0.1) is 0 Å². The molecule has 1 aliphatic carbocycles. The predicted octanol–water partition coefficient (Wildman–Crippen LogP) is 2.67. The van der Waals surface area contributed by atoms with Crippen molar-refractivity contribution in [3.63, 3.8) is 0 Å². The molecule has 1 aromatic rings. The van der Waals surface area contributed by atoms with Crippen LogP contribution in [0.1, 0.15) is 31.2 Å². The zero-order valence-corrected chi connectivity index (χ0v) is 9.03. The molecule has 0 aromatic heterocycles. The van der Waals surface area contributed by atoms with Gasteiger partial charge in [-0.25, -0.2) is 0 Å². The van der Waals surface area contributed by atoms with Crippen molar-refractivity contribution >= 4 is 5.78 Å². The van der Waals surface area contributed by atoms with Gasteiger partial charge in [0, 0.05) is 20.0 Å². The maximum absolute atomic E-state index is 11.5. The van der Waals surface area contributed by atoms with Crippen LogP contribution in [0.3, 0.4) is 0 Å². The lowest BCUT2D eigenvalue weighted by Gasteiger charge is -2.35. The molecular formula is C13H16O2. The first kappa shape index (κ1) is 10.4. The number of rotatable bonds is 2. The summed E-state index contributed by atoms with van der Waals surface area (Å²) < 4.78 is 5.61. The molecule has 2 heteroatoms. The average molecular weight is 204 g/mol. The van der Waals surface area contributed by atoms with E-state index in [2.05, 4.69) is 0 Å². The van der Waals surface area contributed by atoms with Crippen molar-refractivity contribution in [1.82, 2.24) is 0 Å². The Kier molecular flexibility index (Phi) is 2.87. The lowest BCUT2D eigenvalue weighted by molar-refractivity contribution is -0.131. The van der Waals surface area contributed by atoms with Gasteiger partial charge in [-0.3, -0.25) is 4.79 Å². The monoisotopic (exact) mass is 204 g/mol. The lowest BCUT2D eigenvalue weighted by atomic mass is 9.79. The second-order valence-corrected chi connectivity index (χ2v) is 4.13. The Morgan fingerprint density at radius 1 is 1.27 bits per heavy atom. The molecule has 15 heavy (non-hydrogen) atoms. The maximum atomic E-state index is 11.5. The number of hydrogen-bond donors (Lipinski definition) is 0. The summed E-state index contributed by atoms with van der Waals surface area (Å²) in [6.07, 6.45) is 3.10. The maximum Gasteiger partial charge on any atom is 0.136 e. The largest absolute Gasteiger partial charge is 0.373 e. The first-order chi connectivity index (χ1) is 7.27. The van der Waals surface area contributed by atoms with Crippen LogP contribution in [0, 0.1) is 0 Å². The molecule has 0 heterocycles. The minimum Gasteiger partial charge on any atom is -0.373 e. The third-order valence-corrected chi connectivity index (χ3v) is 3.21. The highest BCUT2D eigenvalue weighted by molar-refractivity contribution is 5.80. The summed E-state index contributed by atoms with van der Waals surface area (Å²) in [7, 11) is 1.70. The fourth-order valence-corrected chi connectivity index (χ4v) is 2.35. The van der Waals surface area contributed by atoms with Crippen molar-refractivity contribution in [1.29, 1.82) is 0 Å². The predicted molar refractivity (Wildman–Crippen MR) is 58.6 cm³/mol. The standard InChI is InChI=1S/C13H16O2/c1-15-13(9-5-8-12(14)10-13)11-6-3-2-4-7-11/h2-4,6-7H,5,8-10H2,1H3. The highest BCUT2D eigenvalue weighted by Gasteiger charge is 2.37. The topological polar surface area (TPSA) is 26.3 Å². The Labute approximate surface area is 90.3 Å². The molecule has 2 rings (SSSR count). The summed E-state index contributed by atoms with van der Waals surface area (Å²) in [4.78, 5) is 11.5. The van der Waals surface area contributed by atoms with E-state index in [1.54, 1.807) is 7.11 Å². The van der Waals surface area contributed by atoms with E-state index in [4.69, 9.17) is 4.74 Å². The molecule has 80 valence electrons. The van der Waals surface area contributed by atoms with Gasteiger partial charge in [-0.05, 0) is 18.4 Å². The van der Waals surface area contributed by atoms with Crippen molar-refractivity contribution in [2.45, 2.75) is 31.3 Å². The van der Waals surface area contributed by atoms with E-state index >= 15 is 0 Å². The van der Waals surface area contributed by atoms with Crippen LogP contribution in [0.4, 0.5) is 0 Å². The van der Waals surface area contributed by atoms with Crippen molar-refractivity contribution in [3.8, 4) is 0 Å². The van der Waals surface area contributed by atoms with E-state index in [0.29, 0.717) is 18.6 Å². The van der Waals surface area contributed by atoms with Crippen LogP contribution in [0.15, 0.2) is 30.3 Å². The highest BCUT2D eigenvalue weighted by atomic mass is 16.5. The van der Waals surface area contributed by atoms with Gasteiger partial charge in [0.25, 0.3) is 0 Å². The summed E-state index contributed by atoms with van der Waals surface area (Å²) in [6.45, 7) is 0. The van der Waals surface area contributed by atoms with E-state index in [0.717, 1.165) is 18.4 Å². The molecule has 1 aliphatic rings. The van der Waals surface area contributed by atoms with E-state index in [1.807, 2.05) is 30.3 Å². The first-order valence-corrected chi connectivity index (χ1v) is 5.39. The van der Waals surface area contributed by atoms with Crippen LogP contribution >= 0.6 is 0 Å². The molecule has 0 amide bonds. The molecule has 1 unspecified atom stereocenters. The second kappa shape index (κ2) is 4.15. The van der Waals surface area contributed by atoms with Crippen LogP contribution in [0.2, 0.25) is 0 Å². The van der Waals surface area contributed by atoms with Gasteiger partial charge in [0.15, 0.2) is 0 Å². The molecule has 0 spiro atoms. The van der Waals surface area contributed by atoms with Crippen molar-refractivity contribution in [2.75, 3.05) is 7.11 Å². The molecule has 0 N–H and O–H groups in total. The van der Waals surface area contributed by atoms with E-state index in [-0.39, 0.29) is 5.60 Å². The Balaban J connectivity index is 2.32. The fourth-order valence-electron chi connectivity index (χ4n) is 2.35. The number of methoxy groups -OCH3 is 1. The number of carbonyl (C=O) groups is 1. The zero-order valence-electron chi connectivity index (χ0n) is 9.03. The third-order valence-electron chi connectivity index (χ3n) is 3.21. The molecule has 1 fully saturated rings. The SMILES string of the molecule is COC1(c2ccccc2)CCCC(=O)C1. The van der Waals surface area contributed by atoms with E-state index in [1.165, 1.54) is 0 Å². The molecule has 0 radical (unpaired) electrons. The smallest absolute Gasteiger partial charge is 0.136 e. The molecule has 1 aromatic carbocycles. The number of ether oxygens (including phenoxy) is 1. The highest BCUT2D eigenvalue weighted by Crippen LogP contribution is 2.38. The van der Waals surface area contributed by atoms with Crippen molar-refractivity contribution in [2.24, 2.45) is 0 Å². The van der Waals surface area contributed by atoms with Crippen molar-refractivity contribution in [3.05, 3.63) is 35.9 Å². The van der Waals surface area contributed by atoms with Crippen LogP contribution < -0.4 is 0 Å². The van der Waals surface area contributed by atoms with Crippen LogP contribution in [0.5, 0.6) is 0 Å². The van der Waals surface area contributed by atoms with Gasteiger partial charge in [0.1, 0.15) is 5.78 Å². The summed E-state index contributed by atoms with van der Waals surface area (Å²) in [5, 5.41) is 0. The van der Waals surface area contributed by atoms with Gasteiger partial charge in [-0.2, -0.15) is 0 Å². The van der Waals surface area contributed by atoms with E-state index < -0.39 is 0 Å². The Morgan fingerprint density at radius 2 is 2.00 bits per heavy atom. The van der Waals surface area contributed by atoms with Crippen LogP contribution in [0.25, 0.3) is 0 Å². The summed E-state index contributed by atoms with van der Waals surface area (Å²) in [5.41, 5.74) is 0.761. The Bertz CT molecular complexity index is 345. The summed E-state index contributed by atoms with van der Waals surface area (Å²) >= 11 is 0. The first-order valence-electron chi connectivity index (χ1n) is 5.39. The molecule has 0 bridgehead atoms. The lowest BCUT2D eigenvalue weighted by Crippen LogP contribution is -2.34. The average Bonchev–Trinajstić information content (AvgIpc) is 2.30.